The molecule has 6 nitrogen and oxygen atoms in total. The number of ether oxygens (including phenoxy) is 1. The summed E-state index contributed by atoms with van der Waals surface area (Å²) in [6.07, 6.45) is 1.51. The summed E-state index contributed by atoms with van der Waals surface area (Å²) in [6, 6.07) is 18.2. The van der Waals surface area contributed by atoms with Gasteiger partial charge in [-0.3, -0.25) is 4.79 Å². The number of nitrogens with zero attached hydrogens (tertiary/aromatic N) is 2. The first-order chi connectivity index (χ1) is 13.5. The molecule has 0 aliphatic heterocycles. The number of aromatic nitrogens is 1. The minimum absolute atomic E-state index is 0.296. The Morgan fingerprint density at radius 1 is 0.893 bits per heavy atom. The number of rotatable bonds is 5. The van der Waals surface area contributed by atoms with Crippen molar-refractivity contribution in [1.82, 2.24) is 9.99 Å². The van der Waals surface area contributed by atoms with Gasteiger partial charge < -0.3 is 9.30 Å². The number of esters is 1. The summed E-state index contributed by atoms with van der Waals surface area (Å²) in [5.41, 5.74) is 7.51. The average molecular weight is 375 g/mol. The van der Waals surface area contributed by atoms with E-state index in [1.54, 1.807) is 36.4 Å². The van der Waals surface area contributed by atoms with Crippen molar-refractivity contribution in [1.29, 1.82) is 0 Å². The number of aryl methyl sites for hydroxylation is 2. The van der Waals surface area contributed by atoms with E-state index in [2.05, 4.69) is 32.0 Å². The predicted molar refractivity (Wildman–Crippen MR) is 108 cm³/mol. The number of hydrogen-bond acceptors (Lipinski definition) is 4. The molecule has 0 aliphatic rings. The molecule has 1 amide bonds. The average Bonchev–Trinajstić information content (AvgIpc) is 3.06. The van der Waals surface area contributed by atoms with Gasteiger partial charge in [0.05, 0.1) is 18.9 Å². The van der Waals surface area contributed by atoms with Gasteiger partial charge in [-0.05, 0) is 67.9 Å². The van der Waals surface area contributed by atoms with Crippen molar-refractivity contribution in [3.05, 3.63) is 88.7 Å². The number of carbonyl (C=O) groups excluding carboxylic acids is 2. The van der Waals surface area contributed by atoms with Gasteiger partial charge in [0.25, 0.3) is 5.91 Å². The third kappa shape index (κ3) is 4.17. The molecule has 3 aromatic rings. The summed E-state index contributed by atoms with van der Waals surface area (Å²) >= 11 is 0. The standard InChI is InChI=1S/C22H21N3O3/c1-15-4-5-16(2)25(15)20-12-10-18(11-13-20)21(26)24-23-14-17-6-8-19(9-7-17)22(27)28-3/h4-14H,1-3H3,(H,24,26)/b23-14-. The van der Waals surface area contributed by atoms with Crippen molar-refractivity contribution in [2.45, 2.75) is 13.8 Å². The van der Waals surface area contributed by atoms with Crippen LogP contribution in [0.4, 0.5) is 0 Å². The van der Waals surface area contributed by atoms with Gasteiger partial charge in [0.1, 0.15) is 0 Å². The molecule has 1 N–H and O–H groups in total. The highest BCUT2D eigenvalue weighted by molar-refractivity contribution is 5.95. The third-order valence-electron chi connectivity index (χ3n) is 4.37. The van der Waals surface area contributed by atoms with Crippen LogP contribution in [0.25, 0.3) is 5.69 Å². The molecule has 0 unspecified atom stereocenters. The highest BCUT2D eigenvalue weighted by Crippen LogP contribution is 2.16. The molecule has 0 fully saturated rings. The molecule has 1 heterocycles. The van der Waals surface area contributed by atoms with Crippen LogP contribution >= 0.6 is 0 Å². The second kappa shape index (κ2) is 8.35. The van der Waals surface area contributed by atoms with Gasteiger partial charge in [-0.25, -0.2) is 10.2 Å². The monoisotopic (exact) mass is 375 g/mol. The summed E-state index contributed by atoms with van der Waals surface area (Å²) in [6.45, 7) is 4.08. The molecule has 0 saturated heterocycles. The van der Waals surface area contributed by atoms with Gasteiger partial charge in [-0.2, -0.15) is 5.10 Å². The first kappa shape index (κ1) is 19.1. The van der Waals surface area contributed by atoms with E-state index in [1.807, 2.05) is 26.0 Å². The van der Waals surface area contributed by atoms with Crippen LogP contribution < -0.4 is 5.43 Å². The SMILES string of the molecule is COC(=O)c1ccc(/C=N\NC(=O)c2ccc(-n3c(C)ccc3C)cc2)cc1. The Hall–Kier alpha value is -3.67. The quantitative estimate of drug-likeness (QED) is 0.420. The van der Waals surface area contributed by atoms with Crippen LogP contribution in [0, 0.1) is 13.8 Å². The number of nitrogens with one attached hydrogen (secondary N) is 1. The maximum absolute atomic E-state index is 12.3. The Morgan fingerprint density at radius 2 is 1.46 bits per heavy atom. The minimum Gasteiger partial charge on any atom is -0.465 e. The van der Waals surface area contributed by atoms with Crippen LogP contribution in [-0.4, -0.2) is 29.8 Å². The second-order valence-electron chi connectivity index (χ2n) is 6.31. The zero-order valence-corrected chi connectivity index (χ0v) is 16.0. The number of amides is 1. The maximum Gasteiger partial charge on any atom is 0.337 e. The molecule has 0 spiro atoms. The van der Waals surface area contributed by atoms with Crippen LogP contribution in [0.5, 0.6) is 0 Å². The molecule has 142 valence electrons. The van der Waals surface area contributed by atoms with Crippen LogP contribution in [0.15, 0.2) is 65.8 Å². The number of carbonyl (C=O) groups is 2. The number of hydrogen-bond donors (Lipinski definition) is 1. The molecule has 0 aliphatic carbocycles. The lowest BCUT2D eigenvalue weighted by Gasteiger charge is -2.10. The second-order valence-corrected chi connectivity index (χ2v) is 6.31. The van der Waals surface area contributed by atoms with Crippen molar-refractivity contribution in [3.8, 4) is 5.69 Å². The van der Waals surface area contributed by atoms with Gasteiger partial charge in [-0.1, -0.05) is 12.1 Å². The van der Waals surface area contributed by atoms with Gasteiger partial charge in [-0.15, -0.1) is 0 Å². The van der Waals surface area contributed by atoms with Crippen molar-refractivity contribution in [2.75, 3.05) is 7.11 Å². The molecular formula is C22H21N3O3. The van der Waals surface area contributed by atoms with E-state index in [9.17, 15) is 9.59 Å². The highest BCUT2D eigenvalue weighted by Gasteiger charge is 2.07. The van der Waals surface area contributed by atoms with E-state index in [1.165, 1.54) is 13.3 Å². The molecule has 0 radical (unpaired) electrons. The van der Waals surface area contributed by atoms with Gasteiger partial charge in [0.15, 0.2) is 0 Å². The molecule has 3 rings (SSSR count). The number of methoxy groups -OCH3 is 1. The summed E-state index contributed by atoms with van der Waals surface area (Å²) in [4.78, 5) is 23.7. The van der Waals surface area contributed by atoms with E-state index in [-0.39, 0.29) is 5.91 Å². The molecule has 0 atom stereocenters. The lowest BCUT2D eigenvalue weighted by atomic mass is 10.1. The number of hydrazone groups is 1. The first-order valence-electron chi connectivity index (χ1n) is 8.77. The molecule has 28 heavy (non-hydrogen) atoms. The van der Waals surface area contributed by atoms with Crippen molar-refractivity contribution >= 4 is 18.1 Å². The van der Waals surface area contributed by atoms with E-state index in [0.29, 0.717) is 11.1 Å². The Bertz CT molecular complexity index is 997. The zero-order valence-electron chi connectivity index (χ0n) is 16.0. The molecule has 1 aromatic heterocycles. The molecule has 0 saturated carbocycles. The fourth-order valence-corrected chi connectivity index (χ4v) is 2.89. The maximum atomic E-state index is 12.3. The molecule has 6 heteroatoms. The van der Waals surface area contributed by atoms with Gasteiger partial charge in [0.2, 0.25) is 0 Å². The lowest BCUT2D eigenvalue weighted by molar-refractivity contribution is 0.0600. The topological polar surface area (TPSA) is 72.7 Å². The summed E-state index contributed by atoms with van der Waals surface area (Å²) in [5, 5.41) is 3.97. The Morgan fingerprint density at radius 3 is 2.04 bits per heavy atom. The predicted octanol–water partition coefficient (Wildman–Crippen LogP) is 3.64. The summed E-state index contributed by atoms with van der Waals surface area (Å²) < 4.78 is 6.77. The third-order valence-corrected chi connectivity index (χ3v) is 4.37. The molecule has 0 bridgehead atoms. The van der Waals surface area contributed by atoms with E-state index >= 15 is 0 Å². The van der Waals surface area contributed by atoms with Gasteiger partial charge >= 0.3 is 5.97 Å². The largest absolute Gasteiger partial charge is 0.465 e. The summed E-state index contributed by atoms with van der Waals surface area (Å²) in [5.74, 6) is -0.694. The van der Waals surface area contributed by atoms with E-state index in [4.69, 9.17) is 0 Å². The lowest BCUT2D eigenvalue weighted by Crippen LogP contribution is -2.17. The Balaban J connectivity index is 1.63. The Kier molecular flexibility index (Phi) is 5.69. The van der Waals surface area contributed by atoms with Gasteiger partial charge in [0, 0.05) is 22.6 Å². The fraction of sp³-hybridized carbons (Fsp3) is 0.136. The van der Waals surface area contributed by atoms with Crippen LogP contribution in [0.1, 0.15) is 37.7 Å². The minimum atomic E-state index is -0.398. The van der Waals surface area contributed by atoms with Crippen molar-refractivity contribution in [3.63, 3.8) is 0 Å². The van der Waals surface area contributed by atoms with E-state index < -0.39 is 5.97 Å². The zero-order chi connectivity index (χ0) is 20.1. The molecular weight excluding hydrogens is 354 g/mol. The first-order valence-corrected chi connectivity index (χ1v) is 8.77. The normalized spacial score (nSPS) is 10.8. The highest BCUT2D eigenvalue weighted by atomic mass is 16.5. The van der Waals surface area contributed by atoms with E-state index in [0.717, 1.165) is 22.6 Å². The van der Waals surface area contributed by atoms with Crippen LogP contribution in [0.3, 0.4) is 0 Å². The van der Waals surface area contributed by atoms with Crippen molar-refractivity contribution < 1.29 is 14.3 Å². The smallest absolute Gasteiger partial charge is 0.337 e. The fourth-order valence-electron chi connectivity index (χ4n) is 2.89. The Labute approximate surface area is 163 Å². The van der Waals surface area contributed by atoms with Crippen LogP contribution in [-0.2, 0) is 4.74 Å². The van der Waals surface area contributed by atoms with Crippen molar-refractivity contribution in [2.24, 2.45) is 5.10 Å². The summed E-state index contributed by atoms with van der Waals surface area (Å²) in [7, 11) is 1.33. The molecule has 2 aromatic carbocycles. The number of benzene rings is 2. The van der Waals surface area contributed by atoms with Crippen LogP contribution in [0.2, 0.25) is 0 Å².